The highest BCUT2D eigenvalue weighted by atomic mass is 16.5. The Morgan fingerprint density at radius 3 is 2.65 bits per heavy atom. The van der Waals surface area contributed by atoms with Gasteiger partial charge in [0.25, 0.3) is 0 Å². The molecule has 4 aliphatic rings. The summed E-state index contributed by atoms with van der Waals surface area (Å²) in [5.41, 5.74) is 0.599. The van der Waals surface area contributed by atoms with Gasteiger partial charge in [-0.05, 0) is 110 Å². The van der Waals surface area contributed by atoms with Crippen molar-refractivity contribution in [3.05, 3.63) is 24.3 Å². The van der Waals surface area contributed by atoms with Gasteiger partial charge in [0.05, 0.1) is 25.4 Å². The largest absolute Gasteiger partial charge is 0.497 e. The number of ether oxygens (including phenoxy) is 1. The number of amides is 1. The molecule has 5 rings (SSSR count). The number of nitrogens with one attached hydrogen (secondary N) is 1. The van der Waals surface area contributed by atoms with Crippen molar-refractivity contribution in [2.45, 2.75) is 96.9 Å². The molecule has 0 heterocycles. The van der Waals surface area contributed by atoms with Crippen LogP contribution in [0.1, 0.15) is 78.6 Å². The van der Waals surface area contributed by atoms with E-state index in [0.29, 0.717) is 36.0 Å². The van der Waals surface area contributed by atoms with Crippen LogP contribution in [0.25, 0.3) is 0 Å². The first-order valence-corrected chi connectivity index (χ1v) is 14.6. The number of aliphatic hydroxyl groups excluding tert-OH is 3. The van der Waals surface area contributed by atoms with Crippen LogP contribution in [-0.4, -0.2) is 46.6 Å². The summed E-state index contributed by atoms with van der Waals surface area (Å²) in [7, 11) is 1.62. The maximum absolute atomic E-state index is 12.7. The van der Waals surface area contributed by atoms with Crippen LogP contribution in [0.3, 0.4) is 0 Å². The van der Waals surface area contributed by atoms with Gasteiger partial charge >= 0.3 is 0 Å². The van der Waals surface area contributed by atoms with Crippen LogP contribution in [0.5, 0.6) is 5.75 Å². The molecular formula is C31H47NO5. The van der Waals surface area contributed by atoms with E-state index in [4.69, 9.17) is 4.74 Å². The van der Waals surface area contributed by atoms with Gasteiger partial charge in [0, 0.05) is 18.2 Å². The van der Waals surface area contributed by atoms with Gasteiger partial charge in [-0.15, -0.1) is 0 Å². The number of hydrogen-bond donors (Lipinski definition) is 4. The Kier molecular flexibility index (Phi) is 7.40. The van der Waals surface area contributed by atoms with Gasteiger partial charge in [0.1, 0.15) is 5.75 Å². The molecule has 11 atom stereocenters. The Morgan fingerprint density at radius 2 is 1.89 bits per heavy atom. The fourth-order valence-electron chi connectivity index (χ4n) is 9.62. The zero-order chi connectivity index (χ0) is 26.5. The molecular weight excluding hydrogens is 466 g/mol. The molecule has 0 bridgehead atoms. The van der Waals surface area contributed by atoms with Gasteiger partial charge in [-0.2, -0.15) is 0 Å². The molecule has 6 heteroatoms. The predicted molar refractivity (Wildman–Crippen MR) is 144 cm³/mol. The number of carbonyl (C=O) groups excluding carboxylic acids is 1. The van der Waals surface area contributed by atoms with Crippen molar-refractivity contribution in [1.29, 1.82) is 0 Å². The average molecular weight is 514 g/mol. The second-order valence-corrected chi connectivity index (χ2v) is 13.3. The molecule has 0 unspecified atom stereocenters. The molecule has 206 valence electrons. The van der Waals surface area contributed by atoms with E-state index in [1.807, 2.05) is 24.3 Å². The lowest BCUT2D eigenvalue weighted by Crippen LogP contribution is -2.62. The SMILES string of the molecule is COc1cccc(NC(=O)CC[C@@H](C)[C@H]2CC[C@H]3[C@@H]4[C@H](O)C[C@@H]5C[C@H](O)CC[C@]5(C)[C@H]4C[C@H](O)[C@]23C)c1. The van der Waals surface area contributed by atoms with Gasteiger partial charge in [0.2, 0.25) is 5.91 Å². The summed E-state index contributed by atoms with van der Waals surface area (Å²) in [5.74, 6) is 2.54. The monoisotopic (exact) mass is 513 g/mol. The van der Waals surface area contributed by atoms with Gasteiger partial charge in [-0.25, -0.2) is 0 Å². The predicted octanol–water partition coefficient (Wildman–Crippen LogP) is 5.01. The molecule has 0 saturated heterocycles. The summed E-state index contributed by atoms with van der Waals surface area (Å²) in [6, 6.07) is 7.42. The van der Waals surface area contributed by atoms with Gasteiger partial charge < -0.3 is 25.4 Å². The van der Waals surface area contributed by atoms with E-state index in [-0.39, 0.29) is 34.9 Å². The van der Waals surface area contributed by atoms with Crippen molar-refractivity contribution in [2.75, 3.05) is 12.4 Å². The van der Waals surface area contributed by atoms with Crippen LogP contribution in [0.4, 0.5) is 5.69 Å². The van der Waals surface area contributed by atoms with Crippen molar-refractivity contribution in [3.8, 4) is 5.75 Å². The lowest BCUT2D eigenvalue weighted by atomic mass is 9.43. The Balaban J connectivity index is 1.27. The van der Waals surface area contributed by atoms with Crippen molar-refractivity contribution >= 4 is 11.6 Å². The number of methoxy groups -OCH3 is 1. The Bertz CT molecular complexity index is 984. The number of aliphatic hydroxyl groups is 3. The van der Waals surface area contributed by atoms with Gasteiger partial charge in [-0.3, -0.25) is 4.79 Å². The van der Waals surface area contributed by atoms with E-state index in [2.05, 4.69) is 26.1 Å². The average Bonchev–Trinajstić information content (AvgIpc) is 3.23. The molecule has 4 saturated carbocycles. The molecule has 0 aliphatic heterocycles. The van der Waals surface area contributed by atoms with Crippen LogP contribution in [0.15, 0.2) is 24.3 Å². The zero-order valence-electron chi connectivity index (χ0n) is 23.0. The molecule has 1 aromatic carbocycles. The maximum Gasteiger partial charge on any atom is 0.224 e. The minimum absolute atomic E-state index is 0.00483. The molecule has 4 aliphatic carbocycles. The summed E-state index contributed by atoms with van der Waals surface area (Å²) in [4.78, 5) is 12.7. The molecule has 4 fully saturated rings. The van der Waals surface area contributed by atoms with Gasteiger partial charge in [-0.1, -0.05) is 26.8 Å². The van der Waals surface area contributed by atoms with Crippen LogP contribution < -0.4 is 10.1 Å². The number of hydrogen-bond acceptors (Lipinski definition) is 5. The number of fused-ring (bicyclic) bond motifs is 5. The Labute approximate surface area is 222 Å². The van der Waals surface area contributed by atoms with Crippen LogP contribution >= 0.6 is 0 Å². The number of carbonyl (C=O) groups is 1. The van der Waals surface area contributed by atoms with Crippen molar-refractivity contribution in [3.63, 3.8) is 0 Å². The number of anilines is 1. The highest BCUT2D eigenvalue weighted by molar-refractivity contribution is 5.90. The van der Waals surface area contributed by atoms with Crippen molar-refractivity contribution in [1.82, 2.24) is 0 Å². The first-order valence-electron chi connectivity index (χ1n) is 14.6. The smallest absolute Gasteiger partial charge is 0.224 e. The van der Waals surface area contributed by atoms with E-state index in [1.54, 1.807) is 7.11 Å². The van der Waals surface area contributed by atoms with Crippen LogP contribution in [0.2, 0.25) is 0 Å². The van der Waals surface area contributed by atoms with Crippen molar-refractivity contribution < 1.29 is 24.9 Å². The quantitative estimate of drug-likeness (QED) is 0.429. The lowest BCUT2D eigenvalue weighted by molar-refractivity contribution is -0.207. The van der Waals surface area contributed by atoms with E-state index in [0.717, 1.165) is 62.8 Å². The number of benzene rings is 1. The molecule has 4 N–H and O–H groups in total. The summed E-state index contributed by atoms with van der Waals surface area (Å²) in [6.07, 6.45) is 6.46. The summed E-state index contributed by atoms with van der Waals surface area (Å²) < 4.78 is 5.25. The fraction of sp³-hybridized carbons (Fsp3) is 0.774. The van der Waals surface area contributed by atoms with Crippen LogP contribution in [0, 0.1) is 46.3 Å². The van der Waals surface area contributed by atoms with E-state index >= 15 is 0 Å². The first-order chi connectivity index (χ1) is 17.6. The standard InChI is InChI=1S/C31H47NO5/c1-18(8-11-28(36)32-20-6-5-7-22(16-20)37-4)23-9-10-24-29-25(17-27(35)31(23,24)3)30(2)13-12-21(33)14-19(30)15-26(29)34/h5-7,16,18-19,21,23-27,29,33-35H,8-15,17H2,1-4H3,(H,32,36)/t18-,19+,21-,23-,24+,25+,26-,27+,29+,30+,31-/m1/s1. The van der Waals surface area contributed by atoms with Crippen LogP contribution in [-0.2, 0) is 4.79 Å². The first kappa shape index (κ1) is 27.0. The topological polar surface area (TPSA) is 99.0 Å². The second kappa shape index (κ2) is 10.2. The fourth-order valence-corrected chi connectivity index (χ4v) is 9.62. The highest BCUT2D eigenvalue weighted by Crippen LogP contribution is 2.68. The molecule has 0 radical (unpaired) electrons. The molecule has 6 nitrogen and oxygen atoms in total. The Hall–Kier alpha value is -1.63. The second-order valence-electron chi connectivity index (χ2n) is 13.3. The number of rotatable bonds is 6. The van der Waals surface area contributed by atoms with E-state index < -0.39 is 6.10 Å². The minimum Gasteiger partial charge on any atom is -0.497 e. The third kappa shape index (κ3) is 4.61. The molecule has 0 spiro atoms. The molecule has 0 aromatic heterocycles. The normalized spacial score (nSPS) is 43.8. The van der Waals surface area contributed by atoms with E-state index in [9.17, 15) is 20.1 Å². The lowest BCUT2D eigenvalue weighted by Gasteiger charge is -2.63. The third-order valence-electron chi connectivity index (χ3n) is 11.7. The third-order valence-corrected chi connectivity index (χ3v) is 11.7. The molecule has 1 aromatic rings. The molecule has 37 heavy (non-hydrogen) atoms. The summed E-state index contributed by atoms with van der Waals surface area (Å²) in [5, 5.41) is 36.5. The van der Waals surface area contributed by atoms with Gasteiger partial charge in [0.15, 0.2) is 0 Å². The summed E-state index contributed by atoms with van der Waals surface area (Å²) >= 11 is 0. The van der Waals surface area contributed by atoms with Crippen molar-refractivity contribution in [2.24, 2.45) is 46.3 Å². The minimum atomic E-state index is -0.395. The highest BCUT2D eigenvalue weighted by Gasteiger charge is 2.65. The van der Waals surface area contributed by atoms with E-state index in [1.165, 1.54) is 0 Å². The maximum atomic E-state index is 12.7. The zero-order valence-corrected chi connectivity index (χ0v) is 23.0. The summed E-state index contributed by atoms with van der Waals surface area (Å²) in [6.45, 7) is 6.89. The Morgan fingerprint density at radius 1 is 1.11 bits per heavy atom. The molecule has 1 amide bonds.